The zero-order valence-electron chi connectivity index (χ0n) is 13.7. The number of carbonyl (C=O) groups excluding carboxylic acids is 1. The fourth-order valence-electron chi connectivity index (χ4n) is 2.44. The summed E-state index contributed by atoms with van der Waals surface area (Å²) in [6.07, 6.45) is -0.423. The van der Waals surface area contributed by atoms with E-state index in [1.54, 1.807) is 0 Å². The number of alkyl carbamates (subject to hydrolysis) is 1. The average Bonchev–Trinajstić information content (AvgIpc) is 2.35. The van der Waals surface area contributed by atoms with Gasteiger partial charge in [0.2, 0.25) is 0 Å². The van der Waals surface area contributed by atoms with Crippen LogP contribution in [0.4, 0.5) is 4.79 Å². The summed E-state index contributed by atoms with van der Waals surface area (Å²) in [6, 6.07) is 10.0. The third-order valence-corrected chi connectivity index (χ3v) is 3.24. The Kier molecular flexibility index (Phi) is 6.21. The summed E-state index contributed by atoms with van der Waals surface area (Å²) in [5.41, 5.74) is 7.00. The highest BCUT2D eigenvalue weighted by Gasteiger charge is 2.24. The van der Waals surface area contributed by atoms with Crippen LogP contribution in [0.25, 0.3) is 0 Å². The third kappa shape index (κ3) is 6.17. The fraction of sp³-hybridized carbons (Fsp3) is 0.588. The molecule has 4 nitrogen and oxygen atoms in total. The molecule has 1 amide bonds. The van der Waals surface area contributed by atoms with Crippen LogP contribution >= 0.6 is 0 Å². The van der Waals surface area contributed by atoms with Gasteiger partial charge in [-0.25, -0.2) is 4.79 Å². The maximum atomic E-state index is 11.7. The Bertz CT molecular complexity index is 438. The number of nitrogens with two attached hydrogens (primary N) is 1. The zero-order chi connectivity index (χ0) is 16.0. The first-order chi connectivity index (χ1) is 9.70. The molecular weight excluding hydrogens is 264 g/mol. The molecule has 118 valence electrons. The van der Waals surface area contributed by atoms with E-state index < -0.39 is 11.7 Å². The Morgan fingerprint density at radius 2 is 1.81 bits per heavy atom. The molecule has 2 atom stereocenters. The van der Waals surface area contributed by atoms with E-state index in [9.17, 15) is 4.79 Å². The molecule has 0 spiro atoms. The fourth-order valence-corrected chi connectivity index (χ4v) is 2.44. The van der Waals surface area contributed by atoms with Crippen molar-refractivity contribution in [3.63, 3.8) is 0 Å². The molecule has 0 fully saturated rings. The van der Waals surface area contributed by atoms with Gasteiger partial charge < -0.3 is 15.8 Å². The molecular formula is C17H28N2O2. The SMILES string of the molecule is CC(C)C(c1ccccc1)C(N)CNC(=O)OC(C)(C)C. The van der Waals surface area contributed by atoms with Gasteiger partial charge in [-0.15, -0.1) is 0 Å². The van der Waals surface area contributed by atoms with E-state index >= 15 is 0 Å². The van der Waals surface area contributed by atoms with Gasteiger partial charge in [0, 0.05) is 18.5 Å². The Balaban J connectivity index is 2.63. The lowest BCUT2D eigenvalue weighted by Crippen LogP contribution is -2.44. The van der Waals surface area contributed by atoms with Gasteiger partial charge in [0.25, 0.3) is 0 Å². The molecule has 0 radical (unpaired) electrons. The van der Waals surface area contributed by atoms with Crippen molar-refractivity contribution in [1.29, 1.82) is 0 Å². The second-order valence-electron chi connectivity index (χ2n) is 6.73. The molecule has 0 aromatic heterocycles. The normalized spacial score (nSPS) is 14.6. The third-order valence-electron chi connectivity index (χ3n) is 3.24. The van der Waals surface area contributed by atoms with Gasteiger partial charge in [-0.3, -0.25) is 0 Å². The van der Waals surface area contributed by atoms with Crippen molar-refractivity contribution in [2.75, 3.05) is 6.54 Å². The van der Waals surface area contributed by atoms with Crippen molar-refractivity contribution in [3.8, 4) is 0 Å². The lowest BCUT2D eigenvalue weighted by Gasteiger charge is -2.28. The zero-order valence-corrected chi connectivity index (χ0v) is 13.7. The average molecular weight is 292 g/mol. The molecule has 1 aromatic carbocycles. The predicted molar refractivity (Wildman–Crippen MR) is 86.2 cm³/mol. The van der Waals surface area contributed by atoms with Crippen LogP contribution in [0.1, 0.15) is 46.1 Å². The van der Waals surface area contributed by atoms with Crippen LogP contribution in [0.2, 0.25) is 0 Å². The first-order valence-electron chi connectivity index (χ1n) is 7.48. The van der Waals surface area contributed by atoms with Gasteiger partial charge >= 0.3 is 6.09 Å². The summed E-state index contributed by atoms with van der Waals surface area (Å²) in [5, 5.41) is 2.76. The molecule has 2 unspecified atom stereocenters. The van der Waals surface area contributed by atoms with Crippen molar-refractivity contribution >= 4 is 6.09 Å². The van der Waals surface area contributed by atoms with Crippen molar-refractivity contribution in [1.82, 2.24) is 5.32 Å². The van der Waals surface area contributed by atoms with Gasteiger partial charge in [-0.1, -0.05) is 44.2 Å². The molecule has 0 aliphatic rings. The molecule has 21 heavy (non-hydrogen) atoms. The minimum Gasteiger partial charge on any atom is -0.444 e. The van der Waals surface area contributed by atoms with Crippen molar-refractivity contribution in [3.05, 3.63) is 35.9 Å². The van der Waals surface area contributed by atoms with E-state index in [0.717, 1.165) is 0 Å². The number of hydrogen-bond donors (Lipinski definition) is 2. The van der Waals surface area contributed by atoms with E-state index in [2.05, 4.69) is 31.3 Å². The maximum absolute atomic E-state index is 11.7. The van der Waals surface area contributed by atoms with Crippen molar-refractivity contribution in [2.24, 2.45) is 11.7 Å². The number of hydrogen-bond acceptors (Lipinski definition) is 3. The van der Waals surface area contributed by atoms with E-state index in [-0.39, 0.29) is 12.0 Å². The highest BCUT2D eigenvalue weighted by atomic mass is 16.6. The molecule has 0 aliphatic heterocycles. The van der Waals surface area contributed by atoms with E-state index in [0.29, 0.717) is 12.5 Å². The second kappa shape index (κ2) is 7.46. The summed E-state index contributed by atoms with van der Waals surface area (Å²) in [6.45, 7) is 10.2. The molecule has 0 saturated heterocycles. The van der Waals surface area contributed by atoms with Gasteiger partial charge in [-0.05, 0) is 32.3 Å². The van der Waals surface area contributed by atoms with Gasteiger partial charge in [0.15, 0.2) is 0 Å². The molecule has 1 aromatic rings. The monoisotopic (exact) mass is 292 g/mol. The lowest BCUT2D eigenvalue weighted by molar-refractivity contribution is 0.0522. The van der Waals surface area contributed by atoms with Crippen LogP contribution in [-0.2, 0) is 4.74 Å². The van der Waals surface area contributed by atoms with Gasteiger partial charge in [0.1, 0.15) is 5.60 Å². The number of ether oxygens (including phenoxy) is 1. The first kappa shape index (κ1) is 17.5. The van der Waals surface area contributed by atoms with E-state index in [1.807, 2.05) is 39.0 Å². The van der Waals surface area contributed by atoms with Crippen LogP contribution in [0.5, 0.6) is 0 Å². The maximum Gasteiger partial charge on any atom is 0.407 e. The summed E-state index contributed by atoms with van der Waals surface area (Å²) >= 11 is 0. The lowest BCUT2D eigenvalue weighted by atomic mass is 9.83. The molecule has 0 heterocycles. The number of rotatable bonds is 5. The molecule has 0 saturated carbocycles. The van der Waals surface area contributed by atoms with E-state index in [1.165, 1.54) is 5.56 Å². The predicted octanol–water partition coefficient (Wildman–Crippen LogP) is 3.28. The number of amides is 1. The molecule has 0 bridgehead atoms. The van der Waals surface area contributed by atoms with Crippen LogP contribution < -0.4 is 11.1 Å². The summed E-state index contributed by atoms with van der Waals surface area (Å²) in [7, 11) is 0. The Labute approximate surface area is 128 Å². The van der Waals surface area contributed by atoms with E-state index in [4.69, 9.17) is 10.5 Å². The largest absolute Gasteiger partial charge is 0.444 e. The standard InChI is InChI=1S/C17H28N2O2/c1-12(2)15(13-9-7-6-8-10-13)14(18)11-19-16(20)21-17(3,4)5/h6-10,12,14-15H,11,18H2,1-5H3,(H,19,20). The molecule has 1 rings (SSSR count). The Morgan fingerprint density at radius 1 is 1.24 bits per heavy atom. The van der Waals surface area contributed by atoms with Gasteiger partial charge in [0.05, 0.1) is 0 Å². The van der Waals surface area contributed by atoms with Crippen molar-refractivity contribution in [2.45, 2.75) is 52.2 Å². The number of benzene rings is 1. The quantitative estimate of drug-likeness (QED) is 0.875. The van der Waals surface area contributed by atoms with Crippen LogP contribution in [0.3, 0.4) is 0 Å². The number of nitrogens with one attached hydrogen (secondary N) is 1. The summed E-state index contributed by atoms with van der Waals surface area (Å²) in [5.74, 6) is 0.587. The van der Waals surface area contributed by atoms with Crippen LogP contribution in [0, 0.1) is 5.92 Å². The molecule has 0 aliphatic carbocycles. The number of carbonyl (C=O) groups is 1. The molecule has 3 N–H and O–H groups in total. The highest BCUT2D eigenvalue weighted by Crippen LogP contribution is 2.26. The van der Waals surface area contributed by atoms with Crippen LogP contribution in [-0.4, -0.2) is 24.3 Å². The highest BCUT2D eigenvalue weighted by molar-refractivity contribution is 5.67. The topological polar surface area (TPSA) is 64.3 Å². The Hall–Kier alpha value is -1.55. The smallest absolute Gasteiger partial charge is 0.407 e. The second-order valence-corrected chi connectivity index (χ2v) is 6.73. The summed E-state index contributed by atoms with van der Waals surface area (Å²) in [4.78, 5) is 11.7. The summed E-state index contributed by atoms with van der Waals surface area (Å²) < 4.78 is 5.23. The molecule has 4 heteroatoms. The van der Waals surface area contributed by atoms with Gasteiger partial charge in [-0.2, -0.15) is 0 Å². The Morgan fingerprint density at radius 3 is 2.29 bits per heavy atom. The van der Waals surface area contributed by atoms with Crippen molar-refractivity contribution < 1.29 is 9.53 Å². The minimum absolute atomic E-state index is 0.153. The van der Waals surface area contributed by atoms with Crippen LogP contribution in [0.15, 0.2) is 30.3 Å². The minimum atomic E-state index is -0.495. The first-order valence-corrected chi connectivity index (χ1v) is 7.48.